The first-order valence-corrected chi connectivity index (χ1v) is 18.6. The highest BCUT2D eigenvalue weighted by atomic mass is 19.3. The number of hydrogen-bond acceptors (Lipinski definition) is 7. The number of halogens is 2. The van der Waals surface area contributed by atoms with E-state index in [1.54, 1.807) is 36.8 Å². The summed E-state index contributed by atoms with van der Waals surface area (Å²) in [7, 11) is 5.13. The molecule has 1 unspecified atom stereocenters. The first kappa shape index (κ1) is 38.2. The molecule has 9 nitrogen and oxygen atoms in total. The Labute approximate surface area is 311 Å². The molecule has 11 heteroatoms. The molecule has 1 amide bonds. The largest absolute Gasteiger partial charge is 0.496 e. The molecule has 1 saturated carbocycles. The zero-order valence-electron chi connectivity index (χ0n) is 31.8. The van der Waals surface area contributed by atoms with Crippen LogP contribution in [-0.4, -0.2) is 78.0 Å². The van der Waals surface area contributed by atoms with Crippen LogP contribution in [0.1, 0.15) is 72.0 Å². The van der Waals surface area contributed by atoms with Gasteiger partial charge in [-0.1, -0.05) is 24.3 Å². The topological polar surface area (TPSA) is 91.0 Å². The van der Waals surface area contributed by atoms with Crippen LogP contribution in [0.25, 0.3) is 11.1 Å². The van der Waals surface area contributed by atoms with Crippen LogP contribution in [-0.2, 0) is 31.4 Å². The van der Waals surface area contributed by atoms with E-state index in [-0.39, 0.29) is 54.7 Å². The lowest BCUT2D eigenvalue weighted by Crippen LogP contribution is -2.45. The van der Waals surface area contributed by atoms with Crippen molar-refractivity contribution in [2.24, 2.45) is 13.0 Å². The van der Waals surface area contributed by atoms with E-state index in [0.29, 0.717) is 19.5 Å². The van der Waals surface area contributed by atoms with E-state index in [9.17, 15) is 23.6 Å². The first-order chi connectivity index (χ1) is 25.3. The Hall–Kier alpha value is -4.53. The number of pyridine rings is 1. The Morgan fingerprint density at radius 1 is 0.981 bits per heavy atom. The lowest BCUT2D eigenvalue weighted by Gasteiger charge is -2.38. The van der Waals surface area contributed by atoms with Crippen LogP contribution < -0.4 is 15.0 Å². The molecule has 0 spiro atoms. The Bertz CT molecular complexity index is 1960. The quantitative estimate of drug-likeness (QED) is 0.179. The van der Waals surface area contributed by atoms with Gasteiger partial charge >= 0.3 is 0 Å². The number of rotatable bonds is 9. The number of alkyl halides is 2. The number of piperazine rings is 1. The van der Waals surface area contributed by atoms with Crippen molar-refractivity contribution in [2.45, 2.75) is 77.9 Å². The van der Waals surface area contributed by atoms with Crippen molar-refractivity contribution in [3.05, 3.63) is 91.9 Å². The minimum Gasteiger partial charge on any atom is -0.496 e. The molecule has 3 heterocycles. The van der Waals surface area contributed by atoms with E-state index in [1.807, 2.05) is 39.1 Å². The minimum absolute atomic E-state index is 0.00424. The van der Waals surface area contributed by atoms with Crippen LogP contribution >= 0.6 is 0 Å². The standard InChI is InChI=1S/C42H51F2N5O4/c1-27-28(2)40(50)46(4)25-36(27)32-21-38(52-5)37(39(22-32)53-6)26-48-18-16-47(17-19-48)24-31-8-7-9-34-29(3)49(15-12-35(31)34)41(51)33(23-45)20-30-10-13-42(43,44)14-11-30/h7-9,20-22,25,29-30H,10-19,24,26H2,1-6H3/b33-20+. The van der Waals surface area contributed by atoms with Crippen molar-refractivity contribution in [3.63, 3.8) is 0 Å². The molecule has 3 aliphatic rings. The molecule has 53 heavy (non-hydrogen) atoms. The van der Waals surface area contributed by atoms with Gasteiger partial charge in [0.25, 0.3) is 11.5 Å². The summed E-state index contributed by atoms with van der Waals surface area (Å²) in [6.45, 7) is 11.4. The average molecular weight is 728 g/mol. The molecular formula is C42H51F2N5O4. The van der Waals surface area contributed by atoms with E-state index >= 15 is 0 Å². The second kappa shape index (κ2) is 15.8. The van der Waals surface area contributed by atoms with Gasteiger partial charge in [-0.25, -0.2) is 8.78 Å². The number of aryl methyl sites for hydroxylation is 1. The van der Waals surface area contributed by atoms with Gasteiger partial charge in [-0.15, -0.1) is 0 Å². The molecule has 6 rings (SSSR count). The summed E-state index contributed by atoms with van der Waals surface area (Å²) >= 11 is 0. The van der Waals surface area contributed by atoms with Gasteiger partial charge in [0.05, 0.1) is 25.8 Å². The maximum Gasteiger partial charge on any atom is 0.264 e. The van der Waals surface area contributed by atoms with Gasteiger partial charge in [-0.05, 0) is 85.9 Å². The third-order valence-corrected chi connectivity index (χ3v) is 11.7. The van der Waals surface area contributed by atoms with Crippen molar-refractivity contribution < 1.29 is 23.0 Å². The number of aromatic nitrogens is 1. The highest BCUT2D eigenvalue weighted by Gasteiger charge is 2.36. The summed E-state index contributed by atoms with van der Waals surface area (Å²) in [4.78, 5) is 32.7. The fourth-order valence-electron chi connectivity index (χ4n) is 8.28. The molecule has 1 atom stereocenters. The summed E-state index contributed by atoms with van der Waals surface area (Å²) in [6.07, 6.45) is 4.37. The molecule has 1 aromatic heterocycles. The molecular weight excluding hydrogens is 676 g/mol. The fraction of sp³-hybridized carbons (Fsp3) is 0.500. The van der Waals surface area contributed by atoms with Crippen LogP contribution in [0.2, 0.25) is 0 Å². The number of fused-ring (bicyclic) bond motifs is 1. The number of nitriles is 1. The predicted molar refractivity (Wildman–Crippen MR) is 201 cm³/mol. The number of hydrogen-bond donors (Lipinski definition) is 0. The second-order valence-corrected chi connectivity index (χ2v) is 14.9. The number of methoxy groups -OCH3 is 2. The first-order valence-electron chi connectivity index (χ1n) is 18.6. The number of allylic oxidation sites excluding steroid dienone is 1. The maximum atomic E-state index is 13.7. The molecule has 0 N–H and O–H groups in total. The molecule has 3 aromatic rings. The van der Waals surface area contributed by atoms with E-state index < -0.39 is 5.92 Å². The summed E-state index contributed by atoms with van der Waals surface area (Å²) in [6, 6.07) is 12.3. The number of benzene rings is 2. The van der Waals surface area contributed by atoms with Gasteiger partial charge in [0.15, 0.2) is 0 Å². The van der Waals surface area contributed by atoms with Crippen molar-refractivity contribution >= 4 is 5.91 Å². The normalized spacial score (nSPS) is 19.8. The molecule has 2 aliphatic heterocycles. The minimum atomic E-state index is -2.65. The molecule has 1 saturated heterocycles. The number of carbonyl (C=O) groups excluding carboxylic acids is 1. The van der Waals surface area contributed by atoms with E-state index in [2.05, 4.69) is 34.1 Å². The zero-order chi connectivity index (χ0) is 38.0. The summed E-state index contributed by atoms with van der Waals surface area (Å²) in [5.74, 6) is -1.64. The van der Waals surface area contributed by atoms with Gasteiger partial charge in [0.1, 0.15) is 23.1 Å². The van der Waals surface area contributed by atoms with E-state index in [4.69, 9.17) is 9.47 Å². The van der Waals surface area contributed by atoms with Crippen LogP contribution in [0.3, 0.4) is 0 Å². The van der Waals surface area contributed by atoms with Crippen LogP contribution in [0.15, 0.2) is 53.0 Å². The maximum absolute atomic E-state index is 13.7. The number of carbonyl (C=O) groups is 1. The van der Waals surface area contributed by atoms with Crippen molar-refractivity contribution in [1.29, 1.82) is 5.26 Å². The molecule has 2 aromatic carbocycles. The SMILES string of the molecule is COc1cc(-c2cn(C)c(=O)c(C)c2C)cc(OC)c1CN1CCN(Cc2cccc3c2CCN(C(=O)/C(C#N)=C/C2CCC(F)(F)CC2)C3C)CC1. The van der Waals surface area contributed by atoms with Gasteiger partial charge in [0.2, 0.25) is 5.92 Å². The summed E-state index contributed by atoms with van der Waals surface area (Å²) < 4.78 is 40.8. The number of amides is 1. The lowest BCUT2D eigenvalue weighted by atomic mass is 9.85. The zero-order valence-corrected chi connectivity index (χ0v) is 31.8. The molecule has 0 radical (unpaired) electrons. The lowest BCUT2D eigenvalue weighted by molar-refractivity contribution is -0.129. The van der Waals surface area contributed by atoms with Crippen LogP contribution in [0.4, 0.5) is 8.78 Å². The van der Waals surface area contributed by atoms with Gasteiger partial charge in [-0.3, -0.25) is 19.4 Å². The van der Waals surface area contributed by atoms with Crippen molar-refractivity contribution in [2.75, 3.05) is 46.9 Å². The smallest absolute Gasteiger partial charge is 0.264 e. The third kappa shape index (κ3) is 8.04. The van der Waals surface area contributed by atoms with E-state index in [1.165, 1.54) is 11.1 Å². The molecule has 1 aliphatic carbocycles. The Morgan fingerprint density at radius 2 is 1.60 bits per heavy atom. The molecule has 2 fully saturated rings. The van der Waals surface area contributed by atoms with Crippen LogP contribution in [0, 0.1) is 31.1 Å². The fourth-order valence-corrected chi connectivity index (χ4v) is 8.28. The number of ether oxygens (including phenoxy) is 2. The highest BCUT2D eigenvalue weighted by Crippen LogP contribution is 2.39. The van der Waals surface area contributed by atoms with Crippen molar-refractivity contribution in [1.82, 2.24) is 19.3 Å². The third-order valence-electron chi connectivity index (χ3n) is 11.7. The Balaban J connectivity index is 1.10. The average Bonchev–Trinajstić information content (AvgIpc) is 3.16. The van der Waals surface area contributed by atoms with Crippen molar-refractivity contribution in [3.8, 4) is 28.7 Å². The van der Waals surface area contributed by atoms with Gasteiger partial charge in [-0.2, -0.15) is 5.26 Å². The Kier molecular flexibility index (Phi) is 11.4. The van der Waals surface area contributed by atoms with Gasteiger partial charge < -0.3 is 18.9 Å². The predicted octanol–water partition coefficient (Wildman–Crippen LogP) is 6.73. The van der Waals surface area contributed by atoms with E-state index in [0.717, 1.165) is 77.6 Å². The highest BCUT2D eigenvalue weighted by molar-refractivity contribution is 5.97. The monoisotopic (exact) mass is 727 g/mol. The second-order valence-electron chi connectivity index (χ2n) is 14.9. The molecule has 0 bridgehead atoms. The molecule has 282 valence electrons. The Morgan fingerprint density at radius 3 is 2.21 bits per heavy atom. The number of nitrogens with zero attached hydrogens (tertiary/aromatic N) is 5. The van der Waals surface area contributed by atoms with Gasteiger partial charge in [0, 0.05) is 83.0 Å². The summed E-state index contributed by atoms with van der Waals surface area (Å²) in [5.41, 5.74) is 8.24. The van der Waals surface area contributed by atoms with Crippen LogP contribution in [0.5, 0.6) is 11.5 Å². The summed E-state index contributed by atoms with van der Waals surface area (Å²) in [5, 5.41) is 9.86.